The molecule has 0 aliphatic carbocycles. The molecule has 116 valence electrons. The fraction of sp³-hybridized carbons (Fsp3) is 0.500. The minimum absolute atomic E-state index is 0.333. The van der Waals surface area contributed by atoms with Gasteiger partial charge in [-0.05, 0) is 57.9 Å². The molecular weight excluding hydrogens is 270 g/mol. The quantitative estimate of drug-likeness (QED) is 0.858. The first-order valence-corrected chi connectivity index (χ1v) is 7.07. The fourth-order valence-corrected chi connectivity index (χ4v) is 1.79. The summed E-state index contributed by atoms with van der Waals surface area (Å²) in [6, 6.07) is 5.08. The Balaban J connectivity index is 2.87. The summed E-state index contributed by atoms with van der Waals surface area (Å²) in [5, 5.41) is 2.66. The van der Waals surface area contributed by atoms with Gasteiger partial charge < -0.3 is 9.47 Å². The molecular formula is C16H23NO4. The van der Waals surface area contributed by atoms with E-state index in [1.165, 1.54) is 0 Å². The number of rotatable bonds is 4. The maximum absolute atomic E-state index is 11.8. The molecule has 0 saturated carbocycles. The summed E-state index contributed by atoms with van der Waals surface area (Å²) in [4.78, 5) is 23.5. The number of ether oxygens (including phenoxy) is 2. The van der Waals surface area contributed by atoms with E-state index in [2.05, 4.69) is 5.32 Å². The summed E-state index contributed by atoms with van der Waals surface area (Å²) >= 11 is 0. The van der Waals surface area contributed by atoms with Gasteiger partial charge in [0.2, 0.25) is 0 Å². The molecule has 5 nitrogen and oxygen atoms in total. The third kappa shape index (κ3) is 5.45. The van der Waals surface area contributed by atoms with Crippen molar-refractivity contribution in [2.75, 3.05) is 11.9 Å². The van der Waals surface area contributed by atoms with Gasteiger partial charge in [-0.1, -0.05) is 6.92 Å². The van der Waals surface area contributed by atoms with E-state index in [1.807, 2.05) is 6.92 Å². The molecule has 5 heteroatoms. The van der Waals surface area contributed by atoms with Crippen molar-refractivity contribution in [1.82, 2.24) is 0 Å². The molecule has 0 aliphatic heterocycles. The summed E-state index contributed by atoms with van der Waals surface area (Å²) in [6.45, 7) is 9.44. The molecule has 0 aromatic heterocycles. The van der Waals surface area contributed by atoms with Crippen LogP contribution in [0.1, 0.15) is 50.5 Å². The van der Waals surface area contributed by atoms with Crippen molar-refractivity contribution >= 4 is 17.7 Å². The van der Waals surface area contributed by atoms with E-state index < -0.39 is 11.7 Å². The summed E-state index contributed by atoms with van der Waals surface area (Å²) < 4.78 is 10.2. The van der Waals surface area contributed by atoms with Crippen molar-refractivity contribution in [2.45, 2.75) is 46.6 Å². The van der Waals surface area contributed by atoms with Crippen LogP contribution in [-0.4, -0.2) is 24.3 Å². The van der Waals surface area contributed by atoms with Crippen LogP contribution >= 0.6 is 0 Å². The van der Waals surface area contributed by atoms with Crippen LogP contribution in [0.15, 0.2) is 18.2 Å². The monoisotopic (exact) mass is 293 g/mol. The van der Waals surface area contributed by atoms with E-state index in [1.54, 1.807) is 45.9 Å². The van der Waals surface area contributed by atoms with Crippen LogP contribution in [-0.2, 0) is 15.9 Å². The minimum Gasteiger partial charge on any atom is -0.462 e. The Morgan fingerprint density at radius 2 is 1.86 bits per heavy atom. The Morgan fingerprint density at radius 1 is 1.19 bits per heavy atom. The molecule has 1 N–H and O–H groups in total. The zero-order valence-electron chi connectivity index (χ0n) is 13.3. The molecule has 1 rings (SSSR count). The summed E-state index contributed by atoms with van der Waals surface area (Å²) in [7, 11) is 0. The number of carbonyl (C=O) groups is 2. The third-order valence-corrected chi connectivity index (χ3v) is 2.63. The van der Waals surface area contributed by atoms with Gasteiger partial charge in [0.1, 0.15) is 5.60 Å². The van der Waals surface area contributed by atoms with Gasteiger partial charge in [0.15, 0.2) is 0 Å². The topological polar surface area (TPSA) is 64.6 Å². The van der Waals surface area contributed by atoms with Crippen molar-refractivity contribution in [3.05, 3.63) is 29.3 Å². The highest BCUT2D eigenvalue weighted by Crippen LogP contribution is 2.19. The number of hydrogen-bond acceptors (Lipinski definition) is 4. The Hall–Kier alpha value is -2.04. The van der Waals surface area contributed by atoms with E-state index >= 15 is 0 Å². The molecule has 0 heterocycles. The van der Waals surface area contributed by atoms with E-state index in [9.17, 15) is 9.59 Å². The number of anilines is 1. The van der Waals surface area contributed by atoms with E-state index in [4.69, 9.17) is 9.47 Å². The largest absolute Gasteiger partial charge is 0.462 e. The van der Waals surface area contributed by atoms with Crippen LogP contribution in [0, 0.1) is 0 Å². The van der Waals surface area contributed by atoms with Gasteiger partial charge in [0.25, 0.3) is 0 Å². The Morgan fingerprint density at radius 3 is 2.38 bits per heavy atom. The molecule has 0 spiro atoms. The van der Waals surface area contributed by atoms with Gasteiger partial charge in [-0.3, -0.25) is 5.32 Å². The first kappa shape index (κ1) is 17.0. The van der Waals surface area contributed by atoms with Gasteiger partial charge >= 0.3 is 12.1 Å². The SMILES string of the molecule is CCOC(=O)c1ccc(NC(=O)OC(C)(C)C)cc1CC. The maximum atomic E-state index is 11.8. The van der Waals surface area contributed by atoms with Crippen molar-refractivity contribution in [3.8, 4) is 0 Å². The highest BCUT2D eigenvalue weighted by Gasteiger charge is 2.17. The molecule has 0 unspecified atom stereocenters. The summed E-state index contributed by atoms with van der Waals surface area (Å²) in [6.07, 6.45) is 0.145. The standard InChI is InChI=1S/C16H23NO4/c1-6-11-10-12(17-15(19)21-16(3,4)5)8-9-13(11)14(18)20-7-2/h8-10H,6-7H2,1-5H3,(H,17,19). The number of nitrogens with one attached hydrogen (secondary N) is 1. The van der Waals surface area contributed by atoms with Crippen LogP contribution in [0.4, 0.5) is 10.5 Å². The molecule has 1 aromatic rings. The first-order chi connectivity index (χ1) is 9.76. The summed E-state index contributed by atoms with van der Waals surface area (Å²) in [5.41, 5.74) is 1.38. The normalized spacial score (nSPS) is 10.9. The zero-order valence-corrected chi connectivity index (χ0v) is 13.3. The predicted molar refractivity (Wildman–Crippen MR) is 81.6 cm³/mol. The molecule has 0 radical (unpaired) electrons. The average molecular weight is 293 g/mol. The van der Waals surface area contributed by atoms with Gasteiger partial charge in [-0.2, -0.15) is 0 Å². The van der Waals surface area contributed by atoms with Crippen LogP contribution in [0.25, 0.3) is 0 Å². The number of aryl methyl sites for hydroxylation is 1. The molecule has 21 heavy (non-hydrogen) atoms. The lowest BCUT2D eigenvalue weighted by Crippen LogP contribution is -2.27. The van der Waals surface area contributed by atoms with E-state index in [0.29, 0.717) is 24.3 Å². The van der Waals surface area contributed by atoms with Gasteiger partial charge in [0.05, 0.1) is 12.2 Å². The molecule has 0 bridgehead atoms. The van der Waals surface area contributed by atoms with Gasteiger partial charge in [0, 0.05) is 5.69 Å². The second kappa shape index (κ2) is 7.11. The fourth-order valence-electron chi connectivity index (χ4n) is 1.79. The number of carbonyl (C=O) groups excluding carboxylic acids is 2. The lowest BCUT2D eigenvalue weighted by atomic mass is 10.0. The molecule has 0 aliphatic rings. The van der Waals surface area contributed by atoms with Gasteiger partial charge in [-0.25, -0.2) is 9.59 Å². The molecule has 1 amide bonds. The zero-order chi connectivity index (χ0) is 16.0. The van der Waals surface area contributed by atoms with Gasteiger partial charge in [-0.15, -0.1) is 0 Å². The second-order valence-electron chi connectivity index (χ2n) is 5.57. The highest BCUT2D eigenvalue weighted by atomic mass is 16.6. The van der Waals surface area contributed by atoms with Crippen molar-refractivity contribution in [1.29, 1.82) is 0 Å². The number of amides is 1. The Kier molecular flexibility index (Phi) is 5.76. The van der Waals surface area contributed by atoms with Crippen LogP contribution < -0.4 is 5.32 Å². The second-order valence-corrected chi connectivity index (χ2v) is 5.57. The molecule has 0 fully saturated rings. The lowest BCUT2D eigenvalue weighted by Gasteiger charge is -2.20. The predicted octanol–water partition coefficient (Wildman–Crippen LogP) is 3.77. The minimum atomic E-state index is -0.553. The van der Waals surface area contributed by atoms with Crippen LogP contribution in [0.3, 0.4) is 0 Å². The molecule has 1 aromatic carbocycles. The molecule has 0 saturated heterocycles. The van der Waals surface area contributed by atoms with Crippen molar-refractivity contribution in [2.24, 2.45) is 0 Å². The number of benzene rings is 1. The lowest BCUT2D eigenvalue weighted by molar-refractivity contribution is 0.0524. The molecule has 0 atom stereocenters. The smallest absolute Gasteiger partial charge is 0.412 e. The number of esters is 1. The Labute approximate surface area is 125 Å². The summed E-state index contributed by atoms with van der Waals surface area (Å²) in [5.74, 6) is -0.349. The third-order valence-electron chi connectivity index (χ3n) is 2.63. The van der Waals surface area contributed by atoms with Crippen molar-refractivity contribution in [3.63, 3.8) is 0 Å². The van der Waals surface area contributed by atoms with Crippen molar-refractivity contribution < 1.29 is 19.1 Å². The van der Waals surface area contributed by atoms with Crippen LogP contribution in [0.2, 0.25) is 0 Å². The first-order valence-electron chi connectivity index (χ1n) is 7.07. The maximum Gasteiger partial charge on any atom is 0.412 e. The highest BCUT2D eigenvalue weighted by molar-refractivity contribution is 5.93. The van der Waals surface area contributed by atoms with Crippen LogP contribution in [0.5, 0.6) is 0 Å². The van der Waals surface area contributed by atoms with E-state index in [-0.39, 0.29) is 5.97 Å². The van der Waals surface area contributed by atoms with E-state index in [0.717, 1.165) is 5.56 Å². The number of hydrogen-bond donors (Lipinski definition) is 1. The Bertz CT molecular complexity index is 517. The average Bonchev–Trinajstić information content (AvgIpc) is 2.36.